The van der Waals surface area contributed by atoms with Crippen LogP contribution in [0, 0.1) is 6.92 Å². The quantitative estimate of drug-likeness (QED) is 0.752. The third-order valence-corrected chi connectivity index (χ3v) is 5.52. The molecule has 2 rings (SSSR count). The highest BCUT2D eigenvalue weighted by atomic mass is 32.2. The summed E-state index contributed by atoms with van der Waals surface area (Å²) < 4.78 is 32.4. The topological polar surface area (TPSA) is 117 Å². The predicted molar refractivity (Wildman–Crippen MR) is 73.6 cm³/mol. The zero-order chi connectivity index (χ0) is 15.7. The average molecular weight is 317 g/mol. The molecule has 1 aromatic heterocycles. The van der Waals surface area contributed by atoms with Crippen LogP contribution in [0.4, 0.5) is 0 Å². The number of rotatable bonds is 5. The molecule has 1 heterocycles. The summed E-state index contributed by atoms with van der Waals surface area (Å²) >= 11 is 0. The minimum absolute atomic E-state index is 0.0174. The van der Waals surface area contributed by atoms with Crippen LogP contribution in [0.1, 0.15) is 48.4 Å². The lowest BCUT2D eigenvalue weighted by atomic mass is 9.83. The lowest BCUT2D eigenvalue weighted by molar-refractivity contribution is 0.0661. The molecule has 7 nitrogen and oxygen atoms in total. The summed E-state index contributed by atoms with van der Waals surface area (Å²) in [5.74, 6) is -1.73. The maximum atomic E-state index is 12.4. The van der Waals surface area contributed by atoms with Crippen LogP contribution in [0.5, 0.6) is 0 Å². The third-order valence-electron chi connectivity index (χ3n) is 3.84. The third kappa shape index (κ3) is 3.28. The summed E-state index contributed by atoms with van der Waals surface area (Å²) in [6, 6.07) is 0.994. The number of carboxylic acid groups (broad SMARTS) is 1. The number of nitrogens with one attached hydrogen (secondary N) is 1. The lowest BCUT2D eigenvalue weighted by Crippen LogP contribution is -2.52. The second kappa shape index (κ2) is 5.78. The van der Waals surface area contributed by atoms with Gasteiger partial charge in [-0.3, -0.25) is 0 Å². The van der Waals surface area contributed by atoms with Crippen LogP contribution in [0.25, 0.3) is 0 Å². The normalized spacial score (nSPS) is 18.6. The number of aryl methyl sites for hydroxylation is 1. The molecule has 0 radical (unpaired) electrons. The molecule has 21 heavy (non-hydrogen) atoms. The first-order chi connectivity index (χ1) is 9.80. The van der Waals surface area contributed by atoms with E-state index in [1.807, 2.05) is 0 Å². The van der Waals surface area contributed by atoms with Gasteiger partial charge in [-0.15, -0.1) is 0 Å². The number of carboxylic acids is 1. The highest BCUT2D eigenvalue weighted by molar-refractivity contribution is 7.89. The maximum Gasteiger partial charge on any atom is 0.371 e. The molecule has 0 unspecified atom stereocenters. The molecule has 1 fully saturated rings. The number of sulfonamides is 1. The Balaban J connectivity index is 2.31. The minimum Gasteiger partial charge on any atom is -0.475 e. The van der Waals surface area contributed by atoms with Crippen molar-refractivity contribution in [2.24, 2.45) is 0 Å². The molecule has 1 aliphatic carbocycles. The number of aromatic carboxylic acids is 1. The summed E-state index contributed by atoms with van der Waals surface area (Å²) in [7, 11) is -3.94. The average Bonchev–Trinajstić information content (AvgIpc) is 2.82. The molecule has 0 saturated heterocycles. The maximum absolute atomic E-state index is 12.4. The Labute approximate surface area is 123 Å². The van der Waals surface area contributed by atoms with E-state index in [1.165, 1.54) is 6.92 Å². The van der Waals surface area contributed by atoms with E-state index in [-0.39, 0.29) is 17.3 Å². The molecule has 0 spiro atoms. The van der Waals surface area contributed by atoms with Crippen molar-refractivity contribution in [3.05, 3.63) is 17.6 Å². The first kappa shape index (κ1) is 16.0. The van der Waals surface area contributed by atoms with E-state index in [2.05, 4.69) is 4.72 Å². The SMILES string of the molecule is Cc1oc(C(=O)O)cc1S(=O)(=O)NC1(CO)CCCCC1. The highest BCUT2D eigenvalue weighted by Gasteiger charge is 2.37. The van der Waals surface area contributed by atoms with E-state index >= 15 is 0 Å². The van der Waals surface area contributed by atoms with E-state index in [1.54, 1.807) is 0 Å². The van der Waals surface area contributed by atoms with Gasteiger partial charge in [-0.25, -0.2) is 17.9 Å². The number of aliphatic hydroxyl groups is 1. The molecule has 0 bridgehead atoms. The Bertz CT molecular complexity index is 627. The monoisotopic (exact) mass is 317 g/mol. The van der Waals surface area contributed by atoms with Crippen molar-refractivity contribution < 1.29 is 27.8 Å². The molecule has 0 aromatic carbocycles. The Morgan fingerprint density at radius 2 is 2.00 bits per heavy atom. The first-order valence-corrected chi connectivity index (χ1v) is 8.26. The Morgan fingerprint density at radius 3 is 2.48 bits per heavy atom. The molecule has 8 heteroatoms. The van der Waals surface area contributed by atoms with Crippen molar-refractivity contribution in [3.63, 3.8) is 0 Å². The zero-order valence-corrected chi connectivity index (χ0v) is 12.6. The Hall–Kier alpha value is -1.38. The van der Waals surface area contributed by atoms with Crippen molar-refractivity contribution in [1.29, 1.82) is 0 Å². The predicted octanol–water partition coefficient (Wildman–Crippen LogP) is 1.26. The molecule has 0 amide bonds. The van der Waals surface area contributed by atoms with Gasteiger partial charge in [-0.05, 0) is 19.8 Å². The Morgan fingerprint density at radius 1 is 1.38 bits per heavy atom. The van der Waals surface area contributed by atoms with Gasteiger partial charge in [0.2, 0.25) is 15.8 Å². The van der Waals surface area contributed by atoms with Gasteiger partial charge in [0.15, 0.2) is 0 Å². The van der Waals surface area contributed by atoms with Crippen molar-refractivity contribution in [3.8, 4) is 0 Å². The minimum atomic E-state index is -3.94. The van der Waals surface area contributed by atoms with Gasteiger partial charge in [-0.1, -0.05) is 19.3 Å². The van der Waals surface area contributed by atoms with Gasteiger partial charge < -0.3 is 14.6 Å². The van der Waals surface area contributed by atoms with Crippen molar-refractivity contribution in [2.45, 2.75) is 49.5 Å². The number of hydrogen-bond donors (Lipinski definition) is 3. The van der Waals surface area contributed by atoms with Crippen molar-refractivity contribution in [1.82, 2.24) is 4.72 Å². The molecular formula is C13H19NO6S. The van der Waals surface area contributed by atoms with Crippen molar-refractivity contribution in [2.75, 3.05) is 6.61 Å². The van der Waals surface area contributed by atoms with Crippen LogP contribution in [0.2, 0.25) is 0 Å². The summed E-state index contributed by atoms with van der Waals surface area (Å²) in [4.78, 5) is 10.7. The number of carbonyl (C=O) groups is 1. The lowest BCUT2D eigenvalue weighted by Gasteiger charge is -2.35. The van der Waals surface area contributed by atoms with Crippen LogP contribution < -0.4 is 4.72 Å². The number of hydrogen-bond acceptors (Lipinski definition) is 5. The van der Waals surface area contributed by atoms with Gasteiger partial charge in [0, 0.05) is 6.07 Å². The number of furan rings is 1. The summed E-state index contributed by atoms with van der Waals surface area (Å²) in [5.41, 5.74) is -0.871. The fourth-order valence-electron chi connectivity index (χ4n) is 2.70. The summed E-state index contributed by atoms with van der Waals surface area (Å²) in [6.07, 6.45) is 3.82. The van der Waals surface area contributed by atoms with Crippen LogP contribution in [0.15, 0.2) is 15.4 Å². The van der Waals surface area contributed by atoms with E-state index in [0.717, 1.165) is 25.3 Å². The fourth-order valence-corrected chi connectivity index (χ4v) is 4.33. The van der Waals surface area contributed by atoms with Gasteiger partial charge >= 0.3 is 5.97 Å². The van der Waals surface area contributed by atoms with Crippen LogP contribution in [-0.4, -0.2) is 36.7 Å². The molecule has 0 aliphatic heterocycles. The highest BCUT2D eigenvalue weighted by Crippen LogP contribution is 2.30. The van der Waals surface area contributed by atoms with E-state index in [9.17, 15) is 18.3 Å². The number of aliphatic hydroxyl groups excluding tert-OH is 1. The molecule has 0 atom stereocenters. The second-order valence-corrected chi connectivity index (χ2v) is 7.09. The summed E-state index contributed by atoms with van der Waals surface area (Å²) in [5, 5.41) is 18.4. The van der Waals surface area contributed by atoms with Crippen LogP contribution in [0.3, 0.4) is 0 Å². The second-order valence-electron chi connectivity index (χ2n) is 5.44. The van der Waals surface area contributed by atoms with Gasteiger partial charge in [0.1, 0.15) is 10.7 Å². The largest absolute Gasteiger partial charge is 0.475 e. The van der Waals surface area contributed by atoms with Gasteiger partial charge in [0.25, 0.3) is 0 Å². The fraction of sp³-hybridized carbons (Fsp3) is 0.615. The van der Waals surface area contributed by atoms with Gasteiger partial charge in [-0.2, -0.15) is 0 Å². The van der Waals surface area contributed by atoms with Crippen molar-refractivity contribution >= 4 is 16.0 Å². The molecule has 1 aliphatic rings. The standard InChI is InChI=1S/C13H19NO6S/c1-9-11(7-10(20-9)12(16)17)21(18,19)14-13(8-15)5-3-2-4-6-13/h7,14-15H,2-6,8H2,1H3,(H,16,17). The zero-order valence-electron chi connectivity index (χ0n) is 11.8. The summed E-state index contributed by atoms with van der Waals surface area (Å²) in [6.45, 7) is 1.11. The molecule has 1 saturated carbocycles. The molecular weight excluding hydrogens is 298 g/mol. The van der Waals surface area contributed by atoms with E-state index in [0.29, 0.717) is 12.8 Å². The molecule has 118 valence electrons. The smallest absolute Gasteiger partial charge is 0.371 e. The van der Waals surface area contributed by atoms with E-state index in [4.69, 9.17) is 9.52 Å². The van der Waals surface area contributed by atoms with Gasteiger partial charge in [0.05, 0.1) is 12.1 Å². The Kier molecular flexibility index (Phi) is 4.40. The first-order valence-electron chi connectivity index (χ1n) is 6.78. The van der Waals surface area contributed by atoms with Crippen LogP contribution >= 0.6 is 0 Å². The molecule has 3 N–H and O–H groups in total. The van der Waals surface area contributed by atoms with E-state index < -0.39 is 27.3 Å². The van der Waals surface area contributed by atoms with Crippen LogP contribution in [-0.2, 0) is 10.0 Å². The molecule has 1 aromatic rings.